The van der Waals surface area contributed by atoms with Crippen molar-refractivity contribution < 1.29 is 19.0 Å². The quantitative estimate of drug-likeness (QED) is 0.364. The summed E-state index contributed by atoms with van der Waals surface area (Å²) in [5.74, 6) is 0.590. The van der Waals surface area contributed by atoms with Gasteiger partial charge in [0.2, 0.25) is 0 Å². The molecule has 0 atom stereocenters. The number of piperidine rings is 1. The van der Waals surface area contributed by atoms with Gasteiger partial charge in [-0.05, 0) is 36.5 Å². The van der Waals surface area contributed by atoms with Crippen LogP contribution in [0.2, 0.25) is 0 Å². The molecule has 4 heterocycles. The molecule has 10 heteroatoms. The first kappa shape index (κ1) is 30.2. The second-order valence-electron chi connectivity index (χ2n) is 7.13. The first-order valence-corrected chi connectivity index (χ1v) is 12.0. The van der Waals surface area contributed by atoms with Crippen LogP contribution in [0.5, 0.6) is 6.01 Å². The van der Waals surface area contributed by atoms with Crippen LogP contribution in [-0.4, -0.2) is 66.4 Å². The second-order valence-corrected chi connectivity index (χ2v) is 7.13. The number of pyridine rings is 1. The Morgan fingerprint density at radius 1 is 1.11 bits per heavy atom. The lowest BCUT2D eigenvalue weighted by atomic mass is 9.89. The molecule has 3 aromatic rings. The number of aromatic amines is 1. The Hall–Kier alpha value is -2.85. The van der Waals surface area contributed by atoms with E-state index >= 15 is 0 Å². The fraction of sp³-hybridized carbons (Fsp3) is 0.520. The van der Waals surface area contributed by atoms with E-state index in [1.807, 2.05) is 33.8 Å². The van der Waals surface area contributed by atoms with Gasteiger partial charge in [-0.15, -0.1) is 0 Å². The third kappa shape index (κ3) is 7.83. The predicted molar refractivity (Wildman–Crippen MR) is 144 cm³/mol. The first-order chi connectivity index (χ1) is 16.7. The van der Waals surface area contributed by atoms with Gasteiger partial charge in [0.1, 0.15) is 18.1 Å². The summed E-state index contributed by atoms with van der Waals surface area (Å²) >= 11 is 0. The molecule has 1 aliphatic heterocycles. The smallest absolute Gasteiger partial charge is 0.356 e. The Kier molecular flexibility index (Phi) is 13.7. The van der Waals surface area contributed by atoms with Crippen LogP contribution < -0.4 is 9.64 Å². The minimum atomic E-state index is -0.517. The summed E-state index contributed by atoms with van der Waals surface area (Å²) in [6.07, 6.45) is 5.81. The van der Waals surface area contributed by atoms with E-state index in [1.165, 1.54) is 18.1 Å². The number of nitrogens with zero attached hydrogens (tertiary/aromatic N) is 4. The Labute approximate surface area is 215 Å². The van der Waals surface area contributed by atoms with E-state index in [0.717, 1.165) is 31.6 Å². The van der Waals surface area contributed by atoms with E-state index < -0.39 is 5.97 Å². The molecule has 1 N–H and O–H groups in total. The van der Waals surface area contributed by atoms with Gasteiger partial charge in [-0.1, -0.05) is 27.7 Å². The molecular formula is C25H39N5O4S. The number of esters is 1. The molecule has 4 rings (SSSR count). The molecule has 3 aromatic heterocycles. The molecule has 194 valence electrons. The molecule has 0 saturated carbocycles. The zero-order chi connectivity index (χ0) is 24.9. The molecular weight excluding hydrogens is 466 g/mol. The van der Waals surface area contributed by atoms with Crippen molar-refractivity contribution in [1.29, 1.82) is 0 Å². The lowest BCUT2D eigenvalue weighted by Gasteiger charge is -2.33. The summed E-state index contributed by atoms with van der Waals surface area (Å²) in [4.78, 5) is 30.5. The van der Waals surface area contributed by atoms with Crippen LogP contribution in [0.1, 0.15) is 62.5 Å². The lowest BCUT2D eigenvalue weighted by Crippen LogP contribution is -2.33. The number of carbonyl (C=O) groups excluding carboxylic acids is 1. The lowest BCUT2D eigenvalue weighted by molar-refractivity contribution is 0.0591. The van der Waals surface area contributed by atoms with E-state index in [2.05, 4.69) is 37.1 Å². The van der Waals surface area contributed by atoms with E-state index in [0.29, 0.717) is 24.9 Å². The average molecular weight is 506 g/mol. The Morgan fingerprint density at radius 2 is 1.83 bits per heavy atom. The minimum Gasteiger partial charge on any atom is -0.464 e. The Morgan fingerprint density at radius 3 is 2.49 bits per heavy atom. The van der Waals surface area contributed by atoms with Crippen molar-refractivity contribution >= 4 is 36.3 Å². The molecule has 0 amide bonds. The summed E-state index contributed by atoms with van der Waals surface area (Å²) in [7, 11) is 2.92. The normalized spacial score (nSPS) is 13.0. The standard InChI is InChI=1S/C21H25N5O4.2C2H6.H2S/c1-28-10-11-30-21-24-17(20(27)29-2)12-18(25-21)26-8-5-14(6-9-26)16-13-23-19-15(16)4-3-7-22-19;2*1-2;/h3-4,7,12-14H,5-6,8-11H2,1-2H3,(H,22,23);2*1-2H3;1H2. The van der Waals surface area contributed by atoms with Crippen LogP contribution in [0.3, 0.4) is 0 Å². The third-order valence-electron chi connectivity index (χ3n) is 5.35. The van der Waals surface area contributed by atoms with Gasteiger partial charge in [0.15, 0.2) is 5.69 Å². The number of H-pyrrole nitrogens is 1. The summed E-state index contributed by atoms with van der Waals surface area (Å²) in [6, 6.07) is 5.88. The number of aromatic nitrogens is 4. The highest BCUT2D eigenvalue weighted by atomic mass is 32.1. The van der Waals surface area contributed by atoms with E-state index in [1.54, 1.807) is 19.4 Å². The number of hydrogen-bond acceptors (Lipinski definition) is 8. The number of ether oxygens (including phenoxy) is 3. The predicted octanol–water partition coefficient (Wildman–Crippen LogP) is 4.71. The number of methoxy groups -OCH3 is 2. The molecule has 1 aliphatic rings. The summed E-state index contributed by atoms with van der Waals surface area (Å²) in [5.41, 5.74) is 2.41. The SMILES string of the molecule is CC.CC.COCCOc1nc(C(=O)OC)cc(N2CCC(c3c[nH]c4ncccc34)CC2)n1.S. The number of carbonyl (C=O) groups is 1. The third-order valence-corrected chi connectivity index (χ3v) is 5.35. The van der Waals surface area contributed by atoms with Crippen molar-refractivity contribution in [2.75, 3.05) is 45.4 Å². The van der Waals surface area contributed by atoms with Gasteiger partial charge in [0, 0.05) is 44.0 Å². The summed E-state index contributed by atoms with van der Waals surface area (Å²) in [6.45, 7) is 10.3. The molecule has 1 saturated heterocycles. The molecule has 0 aliphatic carbocycles. The number of anilines is 1. The number of rotatable bonds is 7. The second kappa shape index (κ2) is 15.9. The van der Waals surface area contributed by atoms with Crippen LogP contribution in [0.25, 0.3) is 11.0 Å². The van der Waals surface area contributed by atoms with Gasteiger partial charge in [0.05, 0.1) is 13.7 Å². The highest BCUT2D eigenvalue weighted by Crippen LogP contribution is 2.34. The maximum atomic E-state index is 12.0. The Bertz CT molecular complexity index is 1020. The van der Waals surface area contributed by atoms with E-state index in [9.17, 15) is 4.79 Å². The van der Waals surface area contributed by atoms with Crippen molar-refractivity contribution in [3.8, 4) is 6.01 Å². The molecule has 9 nitrogen and oxygen atoms in total. The van der Waals surface area contributed by atoms with Crippen molar-refractivity contribution in [3.05, 3.63) is 41.9 Å². The zero-order valence-electron chi connectivity index (χ0n) is 21.6. The van der Waals surface area contributed by atoms with Gasteiger partial charge < -0.3 is 24.1 Å². The first-order valence-electron chi connectivity index (χ1n) is 12.0. The van der Waals surface area contributed by atoms with Crippen molar-refractivity contribution in [2.45, 2.75) is 46.5 Å². The van der Waals surface area contributed by atoms with E-state index in [-0.39, 0.29) is 25.2 Å². The topological polar surface area (TPSA) is 102 Å². The monoisotopic (exact) mass is 505 g/mol. The fourth-order valence-corrected chi connectivity index (χ4v) is 3.80. The van der Waals surface area contributed by atoms with Gasteiger partial charge in [0.25, 0.3) is 0 Å². The van der Waals surface area contributed by atoms with Crippen LogP contribution in [0, 0.1) is 0 Å². The number of nitrogens with one attached hydrogen (secondary N) is 1. The van der Waals surface area contributed by atoms with Crippen LogP contribution in [0.4, 0.5) is 5.82 Å². The van der Waals surface area contributed by atoms with Crippen LogP contribution in [-0.2, 0) is 9.47 Å². The molecule has 0 spiro atoms. The molecule has 35 heavy (non-hydrogen) atoms. The zero-order valence-corrected chi connectivity index (χ0v) is 22.6. The van der Waals surface area contributed by atoms with Crippen molar-refractivity contribution in [3.63, 3.8) is 0 Å². The molecule has 0 bridgehead atoms. The van der Waals surface area contributed by atoms with Crippen molar-refractivity contribution in [2.24, 2.45) is 0 Å². The molecule has 1 fully saturated rings. The Balaban J connectivity index is 0.00000117. The maximum absolute atomic E-state index is 12.0. The molecule has 0 radical (unpaired) electrons. The molecule has 0 unspecified atom stereocenters. The highest BCUT2D eigenvalue weighted by molar-refractivity contribution is 7.59. The fourth-order valence-electron chi connectivity index (χ4n) is 3.80. The summed E-state index contributed by atoms with van der Waals surface area (Å²) < 4.78 is 15.4. The highest BCUT2D eigenvalue weighted by Gasteiger charge is 2.25. The minimum absolute atomic E-state index is 0. The maximum Gasteiger partial charge on any atom is 0.356 e. The average Bonchev–Trinajstić information content (AvgIpc) is 3.35. The number of fused-ring (bicyclic) bond motifs is 1. The molecule has 0 aromatic carbocycles. The summed E-state index contributed by atoms with van der Waals surface area (Å²) in [5, 5.41) is 1.18. The van der Waals surface area contributed by atoms with Crippen LogP contribution in [0.15, 0.2) is 30.6 Å². The van der Waals surface area contributed by atoms with Gasteiger partial charge in [-0.2, -0.15) is 23.5 Å². The van der Waals surface area contributed by atoms with Crippen LogP contribution >= 0.6 is 13.5 Å². The largest absolute Gasteiger partial charge is 0.464 e. The van der Waals surface area contributed by atoms with Gasteiger partial charge >= 0.3 is 12.0 Å². The van der Waals surface area contributed by atoms with E-state index in [4.69, 9.17) is 14.2 Å². The van der Waals surface area contributed by atoms with Gasteiger partial charge in [-0.25, -0.2) is 9.78 Å². The van der Waals surface area contributed by atoms with Gasteiger partial charge in [-0.3, -0.25) is 0 Å². The van der Waals surface area contributed by atoms with Crippen molar-refractivity contribution in [1.82, 2.24) is 19.9 Å². The number of hydrogen-bond donors (Lipinski definition) is 1.